The third-order valence-corrected chi connectivity index (χ3v) is 5.96. The molecule has 2 aromatic heterocycles. The molecule has 0 aliphatic carbocycles. The van der Waals surface area contributed by atoms with Gasteiger partial charge in [0, 0.05) is 5.56 Å². The molecule has 0 saturated heterocycles. The number of nitrogens with zero attached hydrogens (tertiary/aromatic N) is 2. The van der Waals surface area contributed by atoms with Crippen LogP contribution in [0.3, 0.4) is 0 Å². The molecule has 0 amide bonds. The predicted octanol–water partition coefficient (Wildman–Crippen LogP) is 5.59. The number of esters is 1. The zero-order valence-corrected chi connectivity index (χ0v) is 20.8. The molecule has 0 fully saturated rings. The highest BCUT2D eigenvalue weighted by Crippen LogP contribution is 2.24. The summed E-state index contributed by atoms with van der Waals surface area (Å²) in [6, 6.07) is 20.7. The molecule has 0 aliphatic rings. The van der Waals surface area contributed by atoms with Gasteiger partial charge in [-0.25, -0.2) is 14.2 Å². The van der Waals surface area contributed by atoms with Crippen LogP contribution in [-0.4, -0.2) is 31.3 Å². The summed E-state index contributed by atoms with van der Waals surface area (Å²) in [7, 11) is 0. The van der Waals surface area contributed by atoms with Crippen LogP contribution in [0.15, 0.2) is 77.6 Å². The van der Waals surface area contributed by atoms with Gasteiger partial charge in [-0.05, 0) is 81.1 Å². The van der Waals surface area contributed by atoms with Crippen molar-refractivity contribution in [2.24, 2.45) is 0 Å². The molecule has 7 nitrogen and oxygen atoms in total. The Balaban J connectivity index is 1.53. The zero-order chi connectivity index (χ0) is 26.2. The lowest BCUT2D eigenvalue weighted by atomic mass is 10.0. The highest BCUT2D eigenvalue weighted by molar-refractivity contribution is 5.90. The first-order chi connectivity index (χ1) is 17.7. The van der Waals surface area contributed by atoms with Crippen LogP contribution >= 0.6 is 0 Å². The van der Waals surface area contributed by atoms with Crippen molar-refractivity contribution in [1.82, 2.24) is 19.7 Å². The fraction of sp³-hybridized carbons (Fsp3) is 0.207. The number of para-hydroxylation sites is 2. The molecule has 0 bridgehead atoms. The lowest BCUT2D eigenvalue weighted by Crippen LogP contribution is -2.23. The maximum atomic E-state index is 13.6. The van der Waals surface area contributed by atoms with Gasteiger partial charge in [-0.3, -0.25) is 9.89 Å². The standard InChI is InChI=1S/C29H27FN4O3/c1-29(2,3)37-27(36)20-13-11-19(12-14-20)25-22(17-10-18-8-15-21(30)16-9-18)26(35)34(33-25)28-31-23-6-4-5-7-24(23)32-28/h4-9,11-16,33H,10,17H2,1-3H3,(H,31,32). The van der Waals surface area contributed by atoms with Gasteiger partial charge in [0.2, 0.25) is 5.95 Å². The van der Waals surface area contributed by atoms with Crippen molar-refractivity contribution in [3.63, 3.8) is 0 Å². The summed E-state index contributed by atoms with van der Waals surface area (Å²) in [5, 5.41) is 3.21. The number of fused-ring (bicyclic) bond motifs is 1. The topological polar surface area (TPSA) is 92.8 Å². The van der Waals surface area contributed by atoms with Crippen LogP contribution < -0.4 is 5.56 Å². The van der Waals surface area contributed by atoms with Gasteiger partial charge in [0.25, 0.3) is 5.56 Å². The van der Waals surface area contributed by atoms with Crippen molar-refractivity contribution in [2.75, 3.05) is 0 Å². The van der Waals surface area contributed by atoms with Gasteiger partial charge in [0.1, 0.15) is 11.4 Å². The minimum absolute atomic E-state index is 0.229. The van der Waals surface area contributed by atoms with E-state index >= 15 is 0 Å². The van der Waals surface area contributed by atoms with E-state index in [-0.39, 0.29) is 11.4 Å². The van der Waals surface area contributed by atoms with E-state index in [4.69, 9.17) is 4.74 Å². The predicted molar refractivity (Wildman–Crippen MR) is 140 cm³/mol. The van der Waals surface area contributed by atoms with E-state index in [0.29, 0.717) is 35.6 Å². The first-order valence-corrected chi connectivity index (χ1v) is 12.1. The van der Waals surface area contributed by atoms with Crippen LogP contribution in [0.1, 0.15) is 42.3 Å². The Bertz CT molecular complexity index is 1590. The molecule has 0 aliphatic heterocycles. The number of hydrogen-bond acceptors (Lipinski definition) is 4. The second kappa shape index (κ2) is 9.54. The van der Waals surface area contributed by atoms with Crippen LogP contribution in [0.25, 0.3) is 28.2 Å². The summed E-state index contributed by atoms with van der Waals surface area (Å²) in [4.78, 5) is 33.8. The molecule has 0 unspecified atom stereocenters. The van der Waals surface area contributed by atoms with Crippen LogP contribution in [0.5, 0.6) is 0 Å². The van der Waals surface area contributed by atoms with Gasteiger partial charge < -0.3 is 9.72 Å². The Morgan fingerprint density at radius 2 is 1.68 bits per heavy atom. The summed E-state index contributed by atoms with van der Waals surface area (Å²) < 4.78 is 20.2. The number of aryl methyl sites for hydroxylation is 1. The first-order valence-electron chi connectivity index (χ1n) is 12.1. The molecule has 5 rings (SSSR count). The number of hydrogen-bond donors (Lipinski definition) is 2. The largest absolute Gasteiger partial charge is 0.456 e. The Morgan fingerprint density at radius 3 is 2.35 bits per heavy atom. The molecule has 37 heavy (non-hydrogen) atoms. The highest BCUT2D eigenvalue weighted by atomic mass is 19.1. The van der Waals surface area contributed by atoms with Crippen molar-refractivity contribution < 1.29 is 13.9 Å². The van der Waals surface area contributed by atoms with Gasteiger partial charge in [-0.2, -0.15) is 4.68 Å². The van der Waals surface area contributed by atoms with Crippen molar-refractivity contribution in [1.29, 1.82) is 0 Å². The average molecular weight is 499 g/mol. The Hall–Kier alpha value is -4.46. The number of halogens is 1. The van der Waals surface area contributed by atoms with Crippen molar-refractivity contribution in [2.45, 2.75) is 39.2 Å². The van der Waals surface area contributed by atoms with Crippen molar-refractivity contribution in [3.05, 3.63) is 106 Å². The van der Waals surface area contributed by atoms with Crippen molar-refractivity contribution >= 4 is 17.0 Å². The number of nitrogens with one attached hydrogen (secondary N) is 2. The van der Waals surface area contributed by atoms with Gasteiger partial charge in [-0.15, -0.1) is 0 Å². The fourth-order valence-electron chi connectivity index (χ4n) is 4.17. The van der Waals surface area contributed by atoms with Gasteiger partial charge in [0.05, 0.1) is 22.3 Å². The third-order valence-electron chi connectivity index (χ3n) is 5.96. The van der Waals surface area contributed by atoms with Gasteiger partial charge >= 0.3 is 5.97 Å². The number of rotatable bonds is 6. The zero-order valence-electron chi connectivity index (χ0n) is 20.8. The minimum atomic E-state index is -0.599. The number of carbonyl (C=O) groups excluding carboxylic acids is 1. The second-order valence-electron chi connectivity index (χ2n) is 9.89. The molecule has 2 N–H and O–H groups in total. The molecule has 0 spiro atoms. The maximum Gasteiger partial charge on any atom is 0.338 e. The molecular weight excluding hydrogens is 471 g/mol. The minimum Gasteiger partial charge on any atom is -0.456 e. The molecule has 3 aromatic carbocycles. The molecule has 2 heterocycles. The molecule has 0 atom stereocenters. The summed E-state index contributed by atoms with van der Waals surface area (Å²) in [5.74, 6) is -0.335. The van der Waals surface area contributed by atoms with Crippen LogP contribution in [0.2, 0.25) is 0 Å². The van der Waals surface area contributed by atoms with E-state index in [1.807, 2.05) is 45.0 Å². The molecule has 5 aromatic rings. The van der Waals surface area contributed by atoms with E-state index in [1.165, 1.54) is 16.8 Å². The summed E-state index contributed by atoms with van der Waals surface area (Å²) in [5.41, 5.74) is 4.01. The molecule has 0 radical (unpaired) electrons. The summed E-state index contributed by atoms with van der Waals surface area (Å²) >= 11 is 0. The second-order valence-corrected chi connectivity index (χ2v) is 9.89. The number of H-pyrrole nitrogens is 2. The number of carbonyl (C=O) groups is 1. The summed E-state index contributed by atoms with van der Waals surface area (Å²) in [6.07, 6.45) is 0.980. The van der Waals surface area contributed by atoms with Crippen LogP contribution in [-0.2, 0) is 17.6 Å². The van der Waals surface area contributed by atoms with E-state index in [2.05, 4.69) is 15.1 Å². The Morgan fingerprint density at radius 1 is 0.973 bits per heavy atom. The number of ether oxygens (including phenoxy) is 1. The number of aromatic nitrogens is 4. The van der Waals surface area contributed by atoms with E-state index < -0.39 is 11.6 Å². The van der Waals surface area contributed by atoms with Gasteiger partial charge in [-0.1, -0.05) is 36.4 Å². The first kappa shape index (κ1) is 24.2. The monoisotopic (exact) mass is 498 g/mol. The molecule has 188 valence electrons. The smallest absolute Gasteiger partial charge is 0.338 e. The van der Waals surface area contributed by atoms with E-state index in [0.717, 1.165) is 22.2 Å². The summed E-state index contributed by atoms with van der Waals surface area (Å²) in [6.45, 7) is 5.45. The SMILES string of the molecule is CC(C)(C)OC(=O)c1ccc(-c2[nH]n(-c3nc4ccccc4[nH]3)c(=O)c2CCc2ccc(F)cc2)cc1. The third kappa shape index (κ3) is 5.23. The molecule has 8 heteroatoms. The molecule has 0 saturated carbocycles. The lowest BCUT2D eigenvalue weighted by Gasteiger charge is -2.19. The highest BCUT2D eigenvalue weighted by Gasteiger charge is 2.21. The normalized spacial score (nSPS) is 11.7. The maximum absolute atomic E-state index is 13.6. The Labute approximate surface area is 212 Å². The molecular formula is C29H27FN4O3. The number of aromatic amines is 2. The van der Waals surface area contributed by atoms with E-state index in [9.17, 15) is 14.0 Å². The lowest BCUT2D eigenvalue weighted by molar-refractivity contribution is 0.00695. The van der Waals surface area contributed by atoms with Crippen molar-refractivity contribution in [3.8, 4) is 17.2 Å². The average Bonchev–Trinajstić information content (AvgIpc) is 3.43. The van der Waals surface area contributed by atoms with E-state index in [1.54, 1.807) is 36.4 Å². The van der Waals surface area contributed by atoms with Crippen LogP contribution in [0, 0.1) is 5.82 Å². The fourth-order valence-corrected chi connectivity index (χ4v) is 4.17. The van der Waals surface area contributed by atoms with Gasteiger partial charge in [0.15, 0.2) is 0 Å². The Kier molecular flexibility index (Phi) is 6.25. The van der Waals surface area contributed by atoms with Crippen LogP contribution in [0.4, 0.5) is 4.39 Å². The number of imidazole rings is 1. The number of benzene rings is 3. The quantitative estimate of drug-likeness (QED) is 0.299.